The van der Waals surface area contributed by atoms with E-state index in [1.54, 1.807) is 6.08 Å². The number of ether oxygens (including phenoxy) is 1. The molecule has 2 N–H and O–H groups in total. The van der Waals surface area contributed by atoms with Crippen LogP contribution in [0.4, 0.5) is 0 Å². The van der Waals surface area contributed by atoms with Gasteiger partial charge in [-0.1, -0.05) is 18.6 Å². The predicted octanol–water partition coefficient (Wildman–Crippen LogP) is 1.40. The Labute approximate surface area is 128 Å². The number of benzene rings is 1. The second-order valence-corrected chi connectivity index (χ2v) is 7.07. The quantitative estimate of drug-likeness (QED) is 0.822. The Kier molecular flexibility index (Phi) is 2.23. The highest BCUT2D eigenvalue weighted by atomic mass is 16.5. The zero-order valence-electron chi connectivity index (χ0n) is 12.2. The molecule has 4 nitrogen and oxygen atoms in total. The molecule has 1 saturated carbocycles. The van der Waals surface area contributed by atoms with Crippen LogP contribution in [0.2, 0.25) is 0 Å². The van der Waals surface area contributed by atoms with Crippen LogP contribution < -0.4 is 4.74 Å². The Balaban J connectivity index is 1.90. The maximum atomic E-state index is 12.5. The van der Waals surface area contributed by atoms with Gasteiger partial charge in [0.15, 0.2) is 11.9 Å². The number of hydrogen-bond acceptors (Lipinski definition) is 4. The molecule has 4 aliphatic rings. The Morgan fingerprint density at radius 1 is 1.36 bits per heavy atom. The van der Waals surface area contributed by atoms with Gasteiger partial charge in [-0.05, 0) is 42.9 Å². The average molecular weight is 298 g/mol. The lowest BCUT2D eigenvalue weighted by Crippen LogP contribution is -2.68. The molecule has 0 amide bonds. The SMILES string of the molecule is O=C1C=C[C@@]2(O)C3CCC[C@@]24c2c(ccc(CO)c2OC14)C3. The molecular formula is C18H18O4. The van der Waals surface area contributed by atoms with Gasteiger partial charge in [0.05, 0.1) is 12.0 Å². The van der Waals surface area contributed by atoms with Crippen LogP contribution in [0.5, 0.6) is 5.75 Å². The van der Waals surface area contributed by atoms with Gasteiger partial charge in [-0.2, -0.15) is 0 Å². The van der Waals surface area contributed by atoms with Gasteiger partial charge in [0, 0.05) is 11.1 Å². The van der Waals surface area contributed by atoms with Crippen LogP contribution in [0.3, 0.4) is 0 Å². The minimum atomic E-state index is -1.00. The molecule has 0 radical (unpaired) electrons. The Morgan fingerprint density at radius 2 is 2.23 bits per heavy atom. The summed E-state index contributed by atoms with van der Waals surface area (Å²) in [5.41, 5.74) is 1.21. The lowest BCUT2D eigenvalue weighted by Gasteiger charge is -2.57. The maximum Gasteiger partial charge on any atom is 0.196 e. The van der Waals surface area contributed by atoms with Crippen LogP contribution >= 0.6 is 0 Å². The molecule has 0 aromatic heterocycles. The van der Waals surface area contributed by atoms with Crippen LogP contribution in [0.25, 0.3) is 0 Å². The molecule has 0 saturated heterocycles. The number of rotatable bonds is 1. The first-order valence-electron chi connectivity index (χ1n) is 8.00. The zero-order valence-corrected chi connectivity index (χ0v) is 12.2. The molecule has 22 heavy (non-hydrogen) atoms. The number of ketones is 1. The van der Waals surface area contributed by atoms with Gasteiger partial charge < -0.3 is 14.9 Å². The molecule has 1 fully saturated rings. The molecule has 1 aliphatic heterocycles. The van der Waals surface area contributed by atoms with Gasteiger partial charge in [-0.15, -0.1) is 0 Å². The van der Waals surface area contributed by atoms with Gasteiger partial charge in [-0.3, -0.25) is 4.79 Å². The van der Waals surface area contributed by atoms with E-state index >= 15 is 0 Å². The molecule has 3 aliphatic carbocycles. The predicted molar refractivity (Wildman–Crippen MR) is 78.6 cm³/mol. The summed E-state index contributed by atoms with van der Waals surface area (Å²) < 4.78 is 6.06. The third-order valence-corrected chi connectivity index (χ3v) is 6.31. The molecule has 1 heterocycles. The summed E-state index contributed by atoms with van der Waals surface area (Å²) >= 11 is 0. The van der Waals surface area contributed by atoms with E-state index in [1.165, 1.54) is 11.6 Å². The van der Waals surface area contributed by atoms with Crippen molar-refractivity contribution in [1.29, 1.82) is 0 Å². The first-order chi connectivity index (χ1) is 10.6. The average Bonchev–Trinajstić information content (AvgIpc) is 2.85. The Hall–Kier alpha value is -1.65. The van der Waals surface area contributed by atoms with E-state index in [4.69, 9.17) is 4.74 Å². The topological polar surface area (TPSA) is 66.8 Å². The van der Waals surface area contributed by atoms with Crippen molar-refractivity contribution in [2.75, 3.05) is 0 Å². The van der Waals surface area contributed by atoms with Crippen LogP contribution in [0, 0.1) is 5.92 Å². The maximum absolute atomic E-state index is 12.5. The van der Waals surface area contributed by atoms with E-state index in [0.717, 1.165) is 31.2 Å². The van der Waals surface area contributed by atoms with Gasteiger partial charge in [0.1, 0.15) is 11.4 Å². The largest absolute Gasteiger partial charge is 0.481 e. The summed E-state index contributed by atoms with van der Waals surface area (Å²) in [6.07, 6.45) is 6.11. The molecule has 2 unspecified atom stereocenters. The number of carbonyl (C=O) groups is 1. The monoisotopic (exact) mass is 298 g/mol. The summed E-state index contributed by atoms with van der Waals surface area (Å²) in [7, 11) is 0. The van der Waals surface area contributed by atoms with Crippen molar-refractivity contribution in [2.24, 2.45) is 5.92 Å². The van der Waals surface area contributed by atoms with Gasteiger partial charge >= 0.3 is 0 Å². The smallest absolute Gasteiger partial charge is 0.196 e. The molecule has 1 aromatic carbocycles. The minimum absolute atomic E-state index is 0.0711. The van der Waals surface area contributed by atoms with E-state index < -0.39 is 17.1 Å². The molecule has 114 valence electrons. The third kappa shape index (κ3) is 1.15. The highest BCUT2D eigenvalue weighted by Gasteiger charge is 2.70. The highest BCUT2D eigenvalue weighted by molar-refractivity contribution is 5.98. The number of aliphatic hydroxyl groups excluding tert-OH is 1. The van der Waals surface area contributed by atoms with Crippen LogP contribution in [-0.2, 0) is 23.2 Å². The minimum Gasteiger partial charge on any atom is -0.481 e. The van der Waals surface area contributed by atoms with Crippen molar-refractivity contribution in [3.8, 4) is 5.75 Å². The van der Waals surface area contributed by atoms with E-state index in [-0.39, 0.29) is 18.3 Å². The zero-order chi connectivity index (χ0) is 15.1. The molecule has 1 aromatic rings. The summed E-state index contributed by atoms with van der Waals surface area (Å²) in [6, 6.07) is 3.93. The normalized spacial score (nSPS) is 40.4. The van der Waals surface area contributed by atoms with Crippen molar-refractivity contribution in [2.45, 2.75) is 49.4 Å². The fourth-order valence-corrected chi connectivity index (χ4v) is 5.42. The standard InChI is InChI=1S/C18H18O4/c19-9-11-4-3-10-8-12-2-1-6-17-14(10)15(11)22-16(17)13(20)5-7-18(12,17)21/h3-5,7,12,16,19,21H,1-2,6,8-9H2/t12?,16?,17-,18+/m0/s1. The van der Waals surface area contributed by atoms with Gasteiger partial charge in [-0.25, -0.2) is 0 Å². The second kappa shape index (κ2) is 3.81. The lowest BCUT2D eigenvalue weighted by molar-refractivity contribution is -0.144. The number of aliphatic hydroxyl groups is 2. The first kappa shape index (κ1) is 12.9. The van der Waals surface area contributed by atoms with Crippen molar-refractivity contribution in [3.05, 3.63) is 41.0 Å². The lowest BCUT2D eigenvalue weighted by atomic mass is 9.47. The van der Waals surface area contributed by atoms with Crippen LogP contribution in [-0.4, -0.2) is 27.7 Å². The van der Waals surface area contributed by atoms with E-state index in [2.05, 4.69) is 0 Å². The van der Waals surface area contributed by atoms with Crippen molar-refractivity contribution in [3.63, 3.8) is 0 Å². The highest BCUT2D eigenvalue weighted by Crippen LogP contribution is 2.64. The van der Waals surface area contributed by atoms with Crippen LogP contribution in [0.1, 0.15) is 36.0 Å². The van der Waals surface area contributed by atoms with Gasteiger partial charge in [0.2, 0.25) is 0 Å². The summed E-state index contributed by atoms with van der Waals surface area (Å²) in [4.78, 5) is 12.5. The van der Waals surface area contributed by atoms with E-state index in [9.17, 15) is 15.0 Å². The molecule has 2 bridgehead atoms. The molecule has 5 rings (SSSR count). The Morgan fingerprint density at radius 3 is 3.05 bits per heavy atom. The van der Waals surface area contributed by atoms with Crippen molar-refractivity contribution < 1.29 is 19.7 Å². The van der Waals surface area contributed by atoms with E-state index in [1.807, 2.05) is 12.1 Å². The van der Waals surface area contributed by atoms with Crippen LogP contribution in [0.15, 0.2) is 24.3 Å². The summed E-state index contributed by atoms with van der Waals surface area (Å²) in [5, 5.41) is 21.1. The summed E-state index contributed by atoms with van der Waals surface area (Å²) in [5.74, 6) is 0.703. The van der Waals surface area contributed by atoms with E-state index in [0.29, 0.717) is 11.3 Å². The summed E-state index contributed by atoms with van der Waals surface area (Å²) in [6.45, 7) is -0.116. The van der Waals surface area contributed by atoms with Crippen molar-refractivity contribution >= 4 is 5.78 Å². The number of hydrogen-bond donors (Lipinski definition) is 2. The molecular weight excluding hydrogens is 280 g/mol. The second-order valence-electron chi connectivity index (χ2n) is 7.07. The van der Waals surface area contributed by atoms with Gasteiger partial charge in [0.25, 0.3) is 0 Å². The fourth-order valence-electron chi connectivity index (χ4n) is 5.42. The molecule has 4 atom stereocenters. The third-order valence-electron chi connectivity index (χ3n) is 6.31. The first-order valence-corrected chi connectivity index (χ1v) is 8.00. The Bertz CT molecular complexity index is 737. The molecule has 4 heteroatoms. The fraction of sp³-hybridized carbons (Fsp3) is 0.500. The number of carbonyl (C=O) groups excluding carboxylic acids is 1. The van der Waals surface area contributed by atoms with Crippen molar-refractivity contribution in [1.82, 2.24) is 0 Å². The molecule has 1 spiro atoms.